The zero-order chi connectivity index (χ0) is 12.3. The molecule has 0 bridgehead atoms. The molecule has 0 aromatic heterocycles. The Morgan fingerprint density at radius 1 is 1.47 bits per heavy atom. The summed E-state index contributed by atoms with van der Waals surface area (Å²) in [7, 11) is 2.22. The van der Waals surface area contributed by atoms with Crippen molar-refractivity contribution in [3.05, 3.63) is 33.8 Å². The van der Waals surface area contributed by atoms with Gasteiger partial charge in [0, 0.05) is 17.6 Å². The predicted octanol–water partition coefficient (Wildman–Crippen LogP) is 2.80. The Labute approximate surface area is 113 Å². The number of nitrogens with zero attached hydrogens (tertiary/aromatic N) is 1. The number of hydrogen-bond acceptors (Lipinski definition) is 2. The molecule has 1 atom stereocenters. The average Bonchev–Trinajstić information content (AvgIpc) is 2.76. The Kier molecular flexibility index (Phi) is 4.60. The molecule has 17 heavy (non-hydrogen) atoms. The van der Waals surface area contributed by atoms with Crippen LogP contribution in [0.2, 0.25) is 0 Å². The minimum Gasteiger partial charge on any atom is -0.316 e. The van der Waals surface area contributed by atoms with Gasteiger partial charge in [0.15, 0.2) is 0 Å². The van der Waals surface area contributed by atoms with Crippen molar-refractivity contribution in [2.24, 2.45) is 5.92 Å². The van der Waals surface area contributed by atoms with E-state index in [1.165, 1.54) is 41.7 Å². The lowest BCUT2D eigenvalue weighted by Crippen LogP contribution is -2.26. The van der Waals surface area contributed by atoms with Crippen molar-refractivity contribution in [2.45, 2.75) is 19.9 Å². The Bertz CT molecular complexity index is 372. The Morgan fingerprint density at radius 2 is 2.29 bits per heavy atom. The van der Waals surface area contributed by atoms with Crippen LogP contribution in [0.5, 0.6) is 0 Å². The van der Waals surface area contributed by atoms with Crippen molar-refractivity contribution < 1.29 is 0 Å². The highest BCUT2D eigenvalue weighted by Crippen LogP contribution is 2.18. The van der Waals surface area contributed by atoms with Crippen LogP contribution < -0.4 is 5.32 Å². The summed E-state index contributed by atoms with van der Waals surface area (Å²) in [6.07, 6.45) is 1.32. The zero-order valence-electron chi connectivity index (χ0n) is 10.7. The number of hydrogen-bond donors (Lipinski definition) is 1. The average molecular weight is 297 g/mol. The summed E-state index contributed by atoms with van der Waals surface area (Å²) in [5, 5.41) is 3.43. The first-order valence-corrected chi connectivity index (χ1v) is 7.09. The topological polar surface area (TPSA) is 15.3 Å². The SMILES string of the molecule is Cc1ccc(Br)cc1CN(C)CC1CCNC1. The van der Waals surface area contributed by atoms with Crippen LogP contribution in [0.25, 0.3) is 0 Å². The summed E-state index contributed by atoms with van der Waals surface area (Å²) < 4.78 is 1.18. The largest absolute Gasteiger partial charge is 0.316 e. The van der Waals surface area contributed by atoms with Crippen LogP contribution in [0.4, 0.5) is 0 Å². The molecule has 0 saturated carbocycles. The smallest absolute Gasteiger partial charge is 0.0233 e. The van der Waals surface area contributed by atoms with Crippen LogP contribution in [0, 0.1) is 12.8 Å². The number of halogens is 1. The highest BCUT2D eigenvalue weighted by molar-refractivity contribution is 9.10. The second-order valence-electron chi connectivity index (χ2n) is 5.13. The van der Waals surface area contributed by atoms with E-state index in [1.54, 1.807) is 0 Å². The maximum atomic E-state index is 3.55. The van der Waals surface area contributed by atoms with Crippen molar-refractivity contribution in [1.29, 1.82) is 0 Å². The van der Waals surface area contributed by atoms with Crippen LogP contribution in [-0.2, 0) is 6.54 Å². The van der Waals surface area contributed by atoms with E-state index in [2.05, 4.69) is 58.3 Å². The van der Waals surface area contributed by atoms with E-state index in [-0.39, 0.29) is 0 Å². The summed E-state index contributed by atoms with van der Waals surface area (Å²) in [4.78, 5) is 2.44. The van der Waals surface area contributed by atoms with E-state index in [0.29, 0.717) is 0 Å². The van der Waals surface area contributed by atoms with Crippen LogP contribution in [0.15, 0.2) is 22.7 Å². The summed E-state index contributed by atoms with van der Waals surface area (Å²) in [5.74, 6) is 0.826. The molecule has 2 nitrogen and oxygen atoms in total. The van der Waals surface area contributed by atoms with Gasteiger partial charge in [-0.25, -0.2) is 0 Å². The monoisotopic (exact) mass is 296 g/mol. The lowest BCUT2D eigenvalue weighted by Gasteiger charge is -2.21. The molecule has 3 heteroatoms. The summed E-state index contributed by atoms with van der Waals surface area (Å²) in [6.45, 7) is 6.80. The third-order valence-electron chi connectivity index (χ3n) is 3.48. The second kappa shape index (κ2) is 5.98. The Morgan fingerprint density at radius 3 is 3.00 bits per heavy atom. The van der Waals surface area contributed by atoms with Gasteiger partial charge in [0.1, 0.15) is 0 Å². The molecule has 0 amide bonds. The van der Waals surface area contributed by atoms with Gasteiger partial charge in [-0.05, 0) is 62.7 Å². The summed E-state index contributed by atoms with van der Waals surface area (Å²) >= 11 is 3.55. The zero-order valence-corrected chi connectivity index (χ0v) is 12.3. The van der Waals surface area contributed by atoms with E-state index in [4.69, 9.17) is 0 Å². The fourth-order valence-corrected chi connectivity index (χ4v) is 2.89. The normalized spacial score (nSPS) is 20.1. The van der Waals surface area contributed by atoms with E-state index < -0.39 is 0 Å². The first kappa shape index (κ1) is 13.1. The molecule has 0 aliphatic carbocycles. The van der Waals surface area contributed by atoms with Gasteiger partial charge in [0.2, 0.25) is 0 Å². The Balaban J connectivity index is 1.92. The molecule has 1 aliphatic heterocycles. The highest BCUT2D eigenvalue weighted by Gasteiger charge is 2.16. The number of nitrogens with one attached hydrogen (secondary N) is 1. The molecule has 1 saturated heterocycles. The van der Waals surface area contributed by atoms with Gasteiger partial charge in [0.25, 0.3) is 0 Å². The molecule has 1 aromatic carbocycles. The van der Waals surface area contributed by atoms with Crippen molar-refractivity contribution in [3.8, 4) is 0 Å². The third kappa shape index (κ3) is 3.80. The van der Waals surface area contributed by atoms with Gasteiger partial charge >= 0.3 is 0 Å². The summed E-state index contributed by atoms with van der Waals surface area (Å²) in [5.41, 5.74) is 2.80. The first-order chi connectivity index (χ1) is 8.15. The van der Waals surface area contributed by atoms with E-state index in [1.807, 2.05) is 0 Å². The number of aryl methyl sites for hydroxylation is 1. The van der Waals surface area contributed by atoms with E-state index >= 15 is 0 Å². The molecule has 0 spiro atoms. The maximum Gasteiger partial charge on any atom is 0.0233 e. The van der Waals surface area contributed by atoms with Gasteiger partial charge in [-0.1, -0.05) is 22.0 Å². The lowest BCUT2D eigenvalue weighted by atomic mass is 10.1. The van der Waals surface area contributed by atoms with E-state index in [0.717, 1.165) is 12.5 Å². The second-order valence-corrected chi connectivity index (χ2v) is 6.04. The molecule has 1 N–H and O–H groups in total. The Hall–Kier alpha value is -0.380. The van der Waals surface area contributed by atoms with Crippen molar-refractivity contribution in [1.82, 2.24) is 10.2 Å². The van der Waals surface area contributed by atoms with Crippen LogP contribution in [0.1, 0.15) is 17.5 Å². The number of rotatable bonds is 4. The standard InChI is InChI=1S/C14H21BrN2/c1-11-3-4-14(15)7-13(11)10-17(2)9-12-5-6-16-8-12/h3-4,7,12,16H,5-6,8-10H2,1-2H3. The number of benzene rings is 1. The molecular weight excluding hydrogens is 276 g/mol. The molecule has 1 heterocycles. The molecule has 1 aromatic rings. The minimum atomic E-state index is 0.826. The van der Waals surface area contributed by atoms with Gasteiger partial charge in [0.05, 0.1) is 0 Å². The molecule has 0 radical (unpaired) electrons. The van der Waals surface area contributed by atoms with Gasteiger partial charge in [-0.3, -0.25) is 0 Å². The van der Waals surface area contributed by atoms with Crippen molar-refractivity contribution in [3.63, 3.8) is 0 Å². The van der Waals surface area contributed by atoms with Crippen LogP contribution in [-0.4, -0.2) is 31.6 Å². The summed E-state index contributed by atoms with van der Waals surface area (Å²) in [6, 6.07) is 6.53. The molecular formula is C14H21BrN2. The molecule has 94 valence electrons. The van der Waals surface area contributed by atoms with Gasteiger partial charge in [-0.2, -0.15) is 0 Å². The molecule has 1 unspecified atom stereocenters. The fourth-order valence-electron chi connectivity index (χ4n) is 2.48. The molecule has 2 rings (SSSR count). The predicted molar refractivity (Wildman–Crippen MR) is 76.2 cm³/mol. The van der Waals surface area contributed by atoms with Gasteiger partial charge in [-0.15, -0.1) is 0 Å². The quantitative estimate of drug-likeness (QED) is 0.919. The molecule has 1 fully saturated rings. The lowest BCUT2D eigenvalue weighted by molar-refractivity contribution is 0.278. The first-order valence-electron chi connectivity index (χ1n) is 6.29. The third-order valence-corrected chi connectivity index (χ3v) is 3.98. The molecule has 1 aliphatic rings. The van der Waals surface area contributed by atoms with Crippen LogP contribution in [0.3, 0.4) is 0 Å². The minimum absolute atomic E-state index is 0.826. The van der Waals surface area contributed by atoms with E-state index in [9.17, 15) is 0 Å². The fraction of sp³-hybridized carbons (Fsp3) is 0.571. The van der Waals surface area contributed by atoms with Crippen molar-refractivity contribution in [2.75, 3.05) is 26.7 Å². The van der Waals surface area contributed by atoms with Crippen LogP contribution >= 0.6 is 15.9 Å². The van der Waals surface area contributed by atoms with Gasteiger partial charge < -0.3 is 10.2 Å². The van der Waals surface area contributed by atoms with Crippen molar-refractivity contribution >= 4 is 15.9 Å². The maximum absolute atomic E-state index is 3.55. The highest BCUT2D eigenvalue weighted by atomic mass is 79.9.